The lowest BCUT2D eigenvalue weighted by molar-refractivity contribution is -0.336. The third kappa shape index (κ3) is 4.06. The van der Waals surface area contributed by atoms with Gasteiger partial charge in [0.1, 0.15) is 4.70 Å². The third-order valence-corrected chi connectivity index (χ3v) is 8.02. The minimum atomic E-state index is 0. The number of aromatic amines is 1. The molecule has 0 atom stereocenters. The monoisotopic (exact) mass is 590 g/mol. The molecule has 1 aliphatic rings. The van der Waals surface area contributed by atoms with Crippen molar-refractivity contribution in [1.82, 2.24) is 0 Å². The molecule has 0 saturated heterocycles. The molecule has 0 bridgehead atoms. The largest absolute Gasteiger partial charge is 1.00 e. The molecule has 2 nitrogen and oxygen atoms in total. The molecule has 4 aromatic carbocycles. The molecule has 0 spiro atoms. The first-order chi connectivity index (χ1) is 16.3. The molecule has 168 valence electrons. The molecule has 1 aromatic heterocycles. The minimum Gasteiger partial charge on any atom is -1.00 e. The van der Waals surface area contributed by atoms with Gasteiger partial charge in [-0.25, -0.2) is 4.98 Å². The molecule has 0 unspecified atom stereocenters. The molecule has 0 aliphatic carbocycles. The predicted octanol–water partition coefficient (Wildman–Crippen LogP) is 5.07. The Bertz CT molecular complexity index is 1600. The molecule has 2 heterocycles. The number of nitrogens with one attached hydrogen (secondary N) is 1. The number of aromatic nitrogens is 1. The van der Waals surface area contributed by atoms with Gasteiger partial charge in [-0.05, 0) is 47.5 Å². The zero-order valence-electron chi connectivity index (χ0n) is 18.7. The molecule has 34 heavy (non-hydrogen) atoms. The number of fused-ring (bicyclic) bond motifs is 6. The quantitative estimate of drug-likeness (QED) is 0.215. The highest BCUT2D eigenvalue weighted by molar-refractivity contribution is 8.03. The number of benzene rings is 4. The standard InChI is InChI=1S/C29H22N2S2.HI/c1-2-31-27(33-25-17-16-20-10-6-7-13-23(20)29(25)31)15-5-3-4-11-21-18-26-28(30-19-32-26)24-14-9-8-12-22(21)24;/h3-19H,2H2,1H3;1H. The van der Waals surface area contributed by atoms with E-state index in [-0.39, 0.29) is 24.0 Å². The number of hydrogen-bond donors (Lipinski definition) is 0. The second-order valence-corrected chi connectivity index (χ2v) is 9.97. The Balaban J connectivity index is 0.00000241. The van der Waals surface area contributed by atoms with E-state index in [9.17, 15) is 0 Å². The lowest BCUT2D eigenvalue weighted by atomic mass is 10.0. The number of thioether (sulfide) groups is 1. The van der Waals surface area contributed by atoms with Crippen molar-refractivity contribution in [2.24, 2.45) is 0 Å². The van der Waals surface area contributed by atoms with Crippen LogP contribution < -0.4 is 33.9 Å². The van der Waals surface area contributed by atoms with Gasteiger partial charge >= 0.3 is 0 Å². The Morgan fingerprint density at radius 3 is 2.53 bits per heavy atom. The van der Waals surface area contributed by atoms with Crippen molar-refractivity contribution >= 4 is 66.6 Å². The van der Waals surface area contributed by atoms with E-state index in [1.54, 1.807) is 11.3 Å². The number of allylic oxidation sites excluding steroid dienone is 4. The fourth-order valence-corrected chi connectivity index (χ4v) is 6.52. The molecule has 0 amide bonds. The minimum absolute atomic E-state index is 0. The maximum atomic E-state index is 3.39. The van der Waals surface area contributed by atoms with Crippen molar-refractivity contribution in [3.8, 4) is 0 Å². The zero-order valence-corrected chi connectivity index (χ0v) is 22.5. The fraction of sp³-hybridized carbons (Fsp3) is 0.0690. The Morgan fingerprint density at radius 1 is 0.882 bits per heavy atom. The van der Waals surface area contributed by atoms with Crippen molar-refractivity contribution in [2.45, 2.75) is 11.8 Å². The molecule has 5 heteroatoms. The van der Waals surface area contributed by atoms with Crippen LogP contribution in [0.25, 0.3) is 37.8 Å². The summed E-state index contributed by atoms with van der Waals surface area (Å²) in [6, 6.07) is 24.0. The first-order valence-electron chi connectivity index (χ1n) is 11.2. The molecule has 0 radical (unpaired) electrons. The molecular formula is C29H23IN2S2. The normalized spacial score (nSPS) is 14.7. The Labute approximate surface area is 224 Å². The van der Waals surface area contributed by atoms with E-state index in [1.807, 2.05) is 11.8 Å². The maximum Gasteiger partial charge on any atom is 0.229 e. The van der Waals surface area contributed by atoms with Crippen LogP contribution in [0.5, 0.6) is 0 Å². The number of anilines is 1. The number of rotatable bonds is 4. The summed E-state index contributed by atoms with van der Waals surface area (Å²) in [5.74, 6) is 0. The summed E-state index contributed by atoms with van der Waals surface area (Å²) >= 11 is 3.60. The number of thiazole rings is 1. The van der Waals surface area contributed by atoms with Crippen LogP contribution in [-0.4, -0.2) is 6.54 Å². The van der Waals surface area contributed by atoms with E-state index in [0.29, 0.717) is 0 Å². The average molecular weight is 591 g/mol. The number of hydrogen-bond acceptors (Lipinski definition) is 3. The van der Waals surface area contributed by atoms with Gasteiger partial charge in [-0.15, -0.1) is 0 Å². The molecular weight excluding hydrogens is 567 g/mol. The van der Waals surface area contributed by atoms with Gasteiger partial charge < -0.3 is 28.9 Å². The summed E-state index contributed by atoms with van der Waals surface area (Å²) in [5, 5.41) is 6.43. The van der Waals surface area contributed by atoms with Gasteiger partial charge in [0, 0.05) is 16.8 Å². The summed E-state index contributed by atoms with van der Waals surface area (Å²) in [6.45, 7) is 3.17. The van der Waals surface area contributed by atoms with Crippen molar-refractivity contribution in [3.05, 3.63) is 107 Å². The fourth-order valence-electron chi connectivity index (χ4n) is 4.58. The lowest BCUT2D eigenvalue weighted by Crippen LogP contribution is -3.00. The van der Waals surface area contributed by atoms with Crippen LogP contribution in [0.3, 0.4) is 0 Å². The van der Waals surface area contributed by atoms with Gasteiger partial charge in [0.25, 0.3) is 0 Å². The van der Waals surface area contributed by atoms with E-state index in [2.05, 4.69) is 119 Å². The SMILES string of the molecule is CCN1C(=CC=CC=Cc2cc3sc[nH+]c3c3ccccc23)Sc2ccc3ccccc3c21.[I-]. The highest BCUT2D eigenvalue weighted by Gasteiger charge is 2.25. The number of nitrogens with zero attached hydrogens (tertiary/aromatic N) is 1. The maximum absolute atomic E-state index is 3.39. The molecule has 0 fully saturated rings. The smallest absolute Gasteiger partial charge is 0.229 e. The van der Waals surface area contributed by atoms with E-state index < -0.39 is 0 Å². The second-order valence-electron chi connectivity index (χ2n) is 7.99. The van der Waals surface area contributed by atoms with Crippen molar-refractivity contribution < 1.29 is 29.0 Å². The van der Waals surface area contributed by atoms with Crippen LogP contribution in [0.15, 0.2) is 106 Å². The average Bonchev–Trinajstić information content (AvgIpc) is 3.48. The first-order valence-corrected chi connectivity index (χ1v) is 12.9. The Morgan fingerprint density at radius 2 is 1.68 bits per heavy atom. The summed E-state index contributed by atoms with van der Waals surface area (Å²) in [6.07, 6.45) is 10.8. The van der Waals surface area contributed by atoms with Crippen molar-refractivity contribution in [1.29, 1.82) is 0 Å². The van der Waals surface area contributed by atoms with Gasteiger partial charge in [-0.2, -0.15) is 0 Å². The summed E-state index contributed by atoms with van der Waals surface area (Å²) < 4.78 is 1.28. The van der Waals surface area contributed by atoms with Crippen LogP contribution >= 0.6 is 23.1 Å². The highest BCUT2D eigenvalue weighted by atomic mass is 127. The third-order valence-electron chi connectivity index (χ3n) is 6.10. The van der Waals surface area contributed by atoms with E-state index in [1.165, 1.54) is 52.9 Å². The van der Waals surface area contributed by atoms with E-state index in [0.717, 1.165) is 6.54 Å². The van der Waals surface area contributed by atoms with E-state index >= 15 is 0 Å². The molecule has 1 aliphatic heterocycles. The van der Waals surface area contributed by atoms with E-state index in [4.69, 9.17) is 0 Å². The van der Waals surface area contributed by atoms with Crippen LogP contribution in [0.4, 0.5) is 5.69 Å². The van der Waals surface area contributed by atoms with Gasteiger partial charge in [-0.1, -0.05) is 95.9 Å². The van der Waals surface area contributed by atoms with Crippen LogP contribution in [0, 0.1) is 0 Å². The topological polar surface area (TPSA) is 17.4 Å². The molecule has 5 aromatic rings. The van der Waals surface area contributed by atoms with Crippen LogP contribution in [0.1, 0.15) is 12.5 Å². The Hall–Kier alpha value is -2.61. The van der Waals surface area contributed by atoms with Crippen molar-refractivity contribution in [3.63, 3.8) is 0 Å². The van der Waals surface area contributed by atoms with Gasteiger partial charge in [-0.3, -0.25) is 0 Å². The summed E-state index contributed by atoms with van der Waals surface area (Å²) in [7, 11) is 0. The number of H-pyrrole nitrogens is 1. The number of halogens is 1. The highest BCUT2D eigenvalue weighted by Crippen LogP contribution is 2.49. The van der Waals surface area contributed by atoms with Crippen LogP contribution in [-0.2, 0) is 0 Å². The van der Waals surface area contributed by atoms with Gasteiger partial charge in [0.2, 0.25) is 11.0 Å². The van der Waals surface area contributed by atoms with Gasteiger partial charge in [0.15, 0.2) is 0 Å². The summed E-state index contributed by atoms with van der Waals surface area (Å²) in [4.78, 5) is 7.14. The molecule has 0 saturated carbocycles. The first kappa shape index (κ1) is 23.1. The van der Waals surface area contributed by atoms with Crippen LogP contribution in [0.2, 0.25) is 0 Å². The van der Waals surface area contributed by atoms with Gasteiger partial charge in [0.05, 0.1) is 16.1 Å². The lowest BCUT2D eigenvalue weighted by Gasteiger charge is -2.19. The Kier molecular flexibility index (Phi) is 6.77. The second kappa shape index (κ2) is 9.94. The van der Waals surface area contributed by atoms with Crippen molar-refractivity contribution in [2.75, 3.05) is 11.4 Å². The zero-order chi connectivity index (χ0) is 22.2. The molecule has 1 N–H and O–H groups in total. The predicted molar refractivity (Wildman–Crippen MR) is 145 cm³/mol. The molecule has 6 rings (SSSR count). The summed E-state index contributed by atoms with van der Waals surface area (Å²) in [5.41, 5.74) is 5.85.